The molecule has 4 rings (SSSR count). The monoisotopic (exact) mass is 522 g/mol. The molecule has 39 heavy (non-hydrogen) atoms. The van der Waals surface area contributed by atoms with E-state index in [1.165, 1.54) is 0 Å². The topological polar surface area (TPSA) is 154 Å². The summed E-state index contributed by atoms with van der Waals surface area (Å²) in [7, 11) is 0. The molecular weight excluding hydrogens is 496 g/mol. The Bertz CT molecular complexity index is 1450. The molecule has 4 aromatic rings. The van der Waals surface area contributed by atoms with Gasteiger partial charge in [0.05, 0.1) is 6.54 Å². The van der Waals surface area contributed by atoms with E-state index in [0.717, 1.165) is 11.4 Å². The highest BCUT2D eigenvalue weighted by Gasteiger charge is 2.08. The number of amides is 4. The molecule has 4 amide bonds. The van der Waals surface area contributed by atoms with Crippen LogP contribution < -0.4 is 32.3 Å². The number of hydrogen-bond acceptors (Lipinski definition) is 6. The summed E-state index contributed by atoms with van der Waals surface area (Å²) in [5, 5.41) is 14.1. The zero-order valence-electron chi connectivity index (χ0n) is 20.7. The van der Waals surface area contributed by atoms with Crippen molar-refractivity contribution in [3.63, 3.8) is 0 Å². The minimum Gasteiger partial charge on any atom is -0.356 e. The lowest BCUT2D eigenvalue weighted by molar-refractivity contribution is -0.115. The Morgan fingerprint density at radius 2 is 0.897 bits per heavy atom. The Morgan fingerprint density at radius 3 is 1.31 bits per heavy atom. The van der Waals surface area contributed by atoms with Gasteiger partial charge in [-0.05, 0) is 97.1 Å². The van der Waals surface area contributed by atoms with Crippen LogP contribution in [0.1, 0.15) is 20.7 Å². The summed E-state index contributed by atoms with van der Waals surface area (Å²) in [6.45, 7) is -0.115. The van der Waals surface area contributed by atoms with Gasteiger partial charge >= 0.3 is 0 Å². The second-order valence-electron chi connectivity index (χ2n) is 8.36. The van der Waals surface area contributed by atoms with E-state index in [0.29, 0.717) is 40.3 Å². The van der Waals surface area contributed by atoms with Crippen LogP contribution in [0.15, 0.2) is 97.1 Å². The van der Waals surface area contributed by atoms with Crippen molar-refractivity contribution in [3.8, 4) is 0 Å². The molecule has 0 spiro atoms. The van der Waals surface area contributed by atoms with Gasteiger partial charge in [0.15, 0.2) is 0 Å². The first-order chi connectivity index (χ1) is 18.9. The molecule has 0 unspecified atom stereocenters. The lowest BCUT2D eigenvalue weighted by atomic mass is 10.2. The van der Waals surface area contributed by atoms with Gasteiger partial charge in [-0.2, -0.15) is 0 Å². The number of carbonyl (C=O) groups excluding carboxylic acids is 4. The van der Waals surface area contributed by atoms with Crippen molar-refractivity contribution < 1.29 is 19.2 Å². The van der Waals surface area contributed by atoms with Gasteiger partial charge in [-0.1, -0.05) is 0 Å². The first-order valence-electron chi connectivity index (χ1n) is 11.9. The molecule has 0 bridgehead atoms. The quantitative estimate of drug-likeness (QED) is 0.170. The molecule has 0 radical (unpaired) electrons. The van der Waals surface area contributed by atoms with E-state index < -0.39 is 0 Å². The highest BCUT2D eigenvalue weighted by molar-refractivity contribution is 6.05. The fraction of sp³-hybridized carbons (Fsp3) is 0.0345. The second-order valence-corrected chi connectivity index (χ2v) is 8.36. The molecule has 10 nitrogen and oxygen atoms in total. The zero-order valence-corrected chi connectivity index (χ0v) is 20.7. The third-order valence-electron chi connectivity index (χ3n) is 5.56. The van der Waals surface area contributed by atoms with Crippen molar-refractivity contribution in [2.45, 2.75) is 0 Å². The average molecular weight is 523 g/mol. The van der Waals surface area contributed by atoms with Crippen LogP contribution in [0.4, 0.5) is 34.1 Å². The van der Waals surface area contributed by atoms with Gasteiger partial charge in [0, 0.05) is 45.3 Å². The maximum absolute atomic E-state index is 12.5. The predicted molar refractivity (Wildman–Crippen MR) is 152 cm³/mol. The Kier molecular flexibility index (Phi) is 8.63. The normalized spacial score (nSPS) is 10.2. The van der Waals surface area contributed by atoms with Crippen LogP contribution in [0.25, 0.3) is 0 Å². The van der Waals surface area contributed by atoms with Crippen molar-refractivity contribution in [1.29, 1.82) is 0 Å². The molecule has 0 fully saturated rings. The number of nitrogens with two attached hydrogens (primary N) is 1. The Labute approximate surface area is 224 Å². The summed E-state index contributed by atoms with van der Waals surface area (Å²) in [6.07, 6.45) is 0.577. The first-order valence-corrected chi connectivity index (χ1v) is 11.9. The van der Waals surface area contributed by atoms with Crippen molar-refractivity contribution in [2.24, 2.45) is 5.73 Å². The molecule has 7 N–H and O–H groups in total. The van der Waals surface area contributed by atoms with Crippen LogP contribution in [0.5, 0.6) is 0 Å². The summed E-state index contributed by atoms with van der Waals surface area (Å²) in [5.74, 6) is -0.851. The molecule has 0 heterocycles. The van der Waals surface area contributed by atoms with Crippen molar-refractivity contribution in [3.05, 3.63) is 108 Å². The lowest BCUT2D eigenvalue weighted by Crippen LogP contribution is -2.21. The number of carbonyl (C=O) groups is 4. The van der Waals surface area contributed by atoms with Gasteiger partial charge in [0.1, 0.15) is 0 Å². The van der Waals surface area contributed by atoms with E-state index in [1.54, 1.807) is 72.8 Å². The van der Waals surface area contributed by atoms with Gasteiger partial charge in [0.2, 0.25) is 12.3 Å². The standard InChI is InChI=1S/C29H26N6O4/c30-17-27(37)33-24-7-3-20(4-8-24)29(39)35-26-15-11-23(12-16-26)32-22-9-13-25(14-10-22)34-28(38)19-1-5-21(6-2-19)31-18-36/h1-16,18,32H,17,30H2,(H,31,36)(H,33,37)(H,34,38)(H,35,39). The van der Waals surface area contributed by atoms with Crippen LogP contribution in [-0.2, 0) is 9.59 Å². The molecule has 0 aliphatic carbocycles. The highest BCUT2D eigenvalue weighted by Crippen LogP contribution is 2.22. The molecule has 0 saturated carbocycles. The van der Waals surface area contributed by atoms with E-state index in [4.69, 9.17) is 5.73 Å². The SMILES string of the molecule is NCC(=O)Nc1ccc(C(=O)Nc2ccc(Nc3ccc(NC(=O)c4ccc(NC=O)cc4)cc3)cc2)cc1. The third kappa shape index (κ3) is 7.51. The van der Waals surface area contributed by atoms with Gasteiger partial charge in [0.25, 0.3) is 11.8 Å². The predicted octanol–water partition coefficient (Wildman–Crippen LogP) is 4.40. The third-order valence-corrected chi connectivity index (χ3v) is 5.56. The van der Waals surface area contributed by atoms with Gasteiger partial charge < -0.3 is 32.3 Å². The number of anilines is 6. The average Bonchev–Trinajstić information content (AvgIpc) is 2.96. The number of hydrogen-bond donors (Lipinski definition) is 6. The maximum Gasteiger partial charge on any atom is 0.255 e. The summed E-state index contributed by atoms with van der Waals surface area (Å²) < 4.78 is 0. The van der Waals surface area contributed by atoms with Crippen LogP contribution in [0.3, 0.4) is 0 Å². The van der Waals surface area contributed by atoms with E-state index >= 15 is 0 Å². The largest absolute Gasteiger partial charge is 0.356 e. The molecule has 196 valence electrons. The van der Waals surface area contributed by atoms with Crippen LogP contribution >= 0.6 is 0 Å². The molecule has 4 aromatic carbocycles. The molecule has 0 saturated heterocycles. The molecule has 0 aliphatic rings. The molecule has 0 aliphatic heterocycles. The Hall–Kier alpha value is -5.48. The first kappa shape index (κ1) is 26.6. The van der Waals surface area contributed by atoms with Crippen LogP contribution in [-0.4, -0.2) is 30.7 Å². The summed E-state index contributed by atoms with van der Waals surface area (Å²) in [4.78, 5) is 46.9. The van der Waals surface area contributed by atoms with Gasteiger partial charge in [-0.15, -0.1) is 0 Å². The van der Waals surface area contributed by atoms with Crippen LogP contribution in [0.2, 0.25) is 0 Å². The van der Waals surface area contributed by atoms with Crippen molar-refractivity contribution in [1.82, 2.24) is 0 Å². The summed E-state index contributed by atoms with van der Waals surface area (Å²) in [6, 6.07) is 27.5. The van der Waals surface area contributed by atoms with E-state index in [1.807, 2.05) is 24.3 Å². The summed E-state index contributed by atoms with van der Waals surface area (Å²) in [5.41, 5.74) is 10.3. The van der Waals surface area contributed by atoms with Crippen molar-refractivity contribution in [2.75, 3.05) is 33.1 Å². The summed E-state index contributed by atoms with van der Waals surface area (Å²) >= 11 is 0. The van der Waals surface area contributed by atoms with Gasteiger partial charge in [-0.25, -0.2) is 0 Å². The van der Waals surface area contributed by atoms with Crippen LogP contribution in [0, 0.1) is 0 Å². The lowest BCUT2D eigenvalue weighted by Gasteiger charge is -2.11. The van der Waals surface area contributed by atoms with Gasteiger partial charge in [-0.3, -0.25) is 19.2 Å². The fourth-order valence-electron chi connectivity index (χ4n) is 3.55. The Morgan fingerprint density at radius 1 is 0.538 bits per heavy atom. The molecule has 0 atom stereocenters. The van der Waals surface area contributed by atoms with E-state index in [9.17, 15) is 19.2 Å². The molecule has 10 heteroatoms. The number of benzene rings is 4. The van der Waals surface area contributed by atoms with Crippen molar-refractivity contribution >= 4 is 58.3 Å². The van der Waals surface area contributed by atoms with E-state index in [-0.39, 0.29) is 24.3 Å². The number of nitrogens with one attached hydrogen (secondary N) is 5. The number of rotatable bonds is 10. The van der Waals surface area contributed by atoms with E-state index in [2.05, 4.69) is 26.6 Å². The smallest absolute Gasteiger partial charge is 0.255 e. The highest BCUT2D eigenvalue weighted by atomic mass is 16.2. The zero-order chi connectivity index (χ0) is 27.6. The Balaban J connectivity index is 1.29. The fourth-order valence-corrected chi connectivity index (χ4v) is 3.55. The second kappa shape index (κ2) is 12.7. The minimum atomic E-state index is -0.309. The molecule has 0 aromatic heterocycles. The minimum absolute atomic E-state index is 0.115. The maximum atomic E-state index is 12.5. The molecular formula is C29H26N6O4.